The minimum atomic E-state index is -8.05. The lowest BCUT2D eigenvalue weighted by Crippen LogP contribution is -2.70. The van der Waals surface area contributed by atoms with Gasteiger partial charge in [0.05, 0.1) is 18.0 Å². The number of carbonyl (C=O) groups excluding carboxylic acids is 2. The second-order valence-corrected chi connectivity index (χ2v) is 13.6. The molecule has 6 unspecified atom stereocenters. The summed E-state index contributed by atoms with van der Waals surface area (Å²) < 4.78 is 195. The van der Waals surface area contributed by atoms with Crippen molar-refractivity contribution in [3.05, 3.63) is 69.9 Å². The van der Waals surface area contributed by atoms with E-state index in [1.807, 2.05) is 35.2 Å². The molecule has 58 heavy (non-hydrogen) atoms. The van der Waals surface area contributed by atoms with Crippen LogP contribution in [0.1, 0.15) is 38.7 Å². The summed E-state index contributed by atoms with van der Waals surface area (Å²) in [6.07, 6.45) is -13.4. The highest BCUT2D eigenvalue weighted by atomic mass is 19.4. The molecule has 0 radical (unpaired) electrons. The number of ether oxygens (including phenoxy) is 4. The van der Waals surface area contributed by atoms with Crippen molar-refractivity contribution in [1.29, 1.82) is 0 Å². The van der Waals surface area contributed by atoms with Crippen LogP contribution in [0.25, 0.3) is 0 Å². The summed E-state index contributed by atoms with van der Waals surface area (Å²) in [6, 6.07) is 7.64. The van der Waals surface area contributed by atoms with E-state index in [0.29, 0.717) is 6.54 Å². The van der Waals surface area contributed by atoms with Gasteiger partial charge in [0.2, 0.25) is 5.70 Å². The summed E-state index contributed by atoms with van der Waals surface area (Å²) in [5.74, 6) is -39.9. The zero-order valence-corrected chi connectivity index (χ0v) is 30.6. The third kappa shape index (κ3) is 10.4. The topological polar surface area (TPSA) is 129 Å². The van der Waals surface area contributed by atoms with Gasteiger partial charge in [0.25, 0.3) is 0 Å². The van der Waals surface area contributed by atoms with Gasteiger partial charge < -0.3 is 24.3 Å². The number of nitro groups is 1. The Kier molecular flexibility index (Phi) is 15.1. The quantitative estimate of drug-likeness (QED) is 0.0407. The maximum absolute atomic E-state index is 14.2. The normalized spacial score (nSPS) is 23.6. The van der Waals surface area contributed by atoms with Crippen molar-refractivity contribution < 1.29 is 90.5 Å². The Balaban J connectivity index is 1.72. The summed E-state index contributed by atoms with van der Waals surface area (Å²) in [5.41, 5.74) is 0.682. The number of hydrogen-bond donors (Lipinski definition) is 1. The first kappa shape index (κ1) is 48.0. The molecule has 0 bridgehead atoms. The molecule has 1 aromatic carbocycles. The van der Waals surface area contributed by atoms with Crippen LogP contribution in [0, 0.1) is 22.0 Å². The predicted molar refractivity (Wildman–Crippen MR) is 173 cm³/mol. The van der Waals surface area contributed by atoms with Crippen LogP contribution in [-0.2, 0) is 25.5 Å². The molecule has 0 spiro atoms. The highest BCUT2D eigenvalue weighted by Crippen LogP contribution is 2.60. The molecule has 1 aliphatic heterocycles. The number of hydrogen-bond acceptors (Lipinski definition) is 10. The zero-order valence-electron chi connectivity index (χ0n) is 30.6. The first-order chi connectivity index (χ1) is 26.6. The molecule has 2 aliphatic rings. The molecule has 1 aliphatic carbocycles. The number of benzene rings is 1. The van der Waals surface area contributed by atoms with Gasteiger partial charge in [-0.1, -0.05) is 42.5 Å². The van der Waals surface area contributed by atoms with E-state index < -0.39 is 109 Å². The molecule has 0 aromatic heterocycles. The van der Waals surface area contributed by atoms with Crippen molar-refractivity contribution >= 4 is 12.3 Å². The number of likely N-dealkylation sites (N-methyl/N-ethyl adjacent to an activating group) is 1. The van der Waals surface area contributed by atoms with Gasteiger partial charge in [-0.3, -0.25) is 15.0 Å². The first-order valence-corrected chi connectivity index (χ1v) is 17.2. The molecule has 6 atom stereocenters. The largest absolute Gasteiger partial charge is 0.508 e. The number of nitrogens with zero attached hydrogens (tertiary/aromatic N) is 2. The van der Waals surface area contributed by atoms with Gasteiger partial charge in [0, 0.05) is 43.4 Å². The Bertz CT molecular complexity index is 1650. The molecular formula is C34H38F13N3O8. The lowest BCUT2D eigenvalue weighted by Gasteiger charge is -2.46. The van der Waals surface area contributed by atoms with E-state index in [2.05, 4.69) is 10.1 Å². The average molecular weight is 864 g/mol. The molecule has 1 fully saturated rings. The zero-order chi connectivity index (χ0) is 44.1. The SMILES string of the molecule is CC1NC(C)C(OC(=O)OCCN(C)Cc2ccccc2)C(C2C=CCC([N+](=O)[O-])=C2)C1OC(=O)OCCCC(F)(F)C(F)(F)C(F)(F)C(F)(F)C(F)(F)C(F)(F)F. The van der Waals surface area contributed by atoms with Crippen molar-refractivity contribution in [2.45, 2.75) is 99.7 Å². The minimum absolute atomic E-state index is 0.116. The number of nitrogens with one attached hydrogen (secondary N) is 1. The lowest BCUT2D eigenvalue weighted by atomic mass is 9.73. The maximum atomic E-state index is 14.2. The molecule has 11 nitrogen and oxygen atoms in total. The Labute approximate surface area is 321 Å². The molecule has 0 saturated carbocycles. The van der Waals surface area contributed by atoms with Crippen LogP contribution < -0.4 is 5.32 Å². The van der Waals surface area contributed by atoms with Crippen molar-refractivity contribution in [1.82, 2.24) is 10.2 Å². The van der Waals surface area contributed by atoms with Gasteiger partial charge in [-0.05, 0) is 39.0 Å². The monoisotopic (exact) mass is 863 g/mol. The van der Waals surface area contributed by atoms with E-state index in [1.165, 1.54) is 25.2 Å². The maximum Gasteiger partial charge on any atom is 0.508 e. The molecular weight excluding hydrogens is 825 g/mol. The molecule has 328 valence electrons. The van der Waals surface area contributed by atoms with Crippen molar-refractivity contribution in [2.24, 2.45) is 11.8 Å². The fourth-order valence-electron chi connectivity index (χ4n) is 6.28. The van der Waals surface area contributed by atoms with E-state index in [-0.39, 0.29) is 25.3 Å². The molecule has 1 aromatic rings. The standard InChI is InChI=1S/C34H38F13N3O8/c1-19-25(57-27(51)55-15-8-13-29(35,36)30(37,38)31(39,40)32(41,42)33(43,44)34(45,46)47)24(22-11-7-12-23(17-22)50(53)54)26(20(2)48-19)58-28(52)56-16-14-49(3)18-21-9-5-4-6-10-21/h4-7,9-11,17,19-20,22,24-26,48H,8,12-16,18H2,1-3H3. The Hall–Kier alpha value is -4.35. The number of halogens is 13. The van der Waals surface area contributed by atoms with Gasteiger partial charge in [-0.25, -0.2) is 9.59 Å². The van der Waals surface area contributed by atoms with Crippen molar-refractivity contribution in [2.75, 3.05) is 26.8 Å². The molecule has 0 amide bonds. The van der Waals surface area contributed by atoms with Gasteiger partial charge in [-0.2, -0.15) is 57.1 Å². The lowest BCUT2D eigenvalue weighted by molar-refractivity contribution is -0.440. The second kappa shape index (κ2) is 18.3. The minimum Gasteiger partial charge on any atom is -0.434 e. The second-order valence-electron chi connectivity index (χ2n) is 13.6. The van der Waals surface area contributed by atoms with Crippen LogP contribution in [0.4, 0.5) is 66.7 Å². The number of piperidine rings is 1. The first-order valence-electron chi connectivity index (χ1n) is 17.2. The van der Waals surface area contributed by atoms with E-state index in [9.17, 15) is 76.8 Å². The number of alkyl halides is 13. The molecule has 1 heterocycles. The highest BCUT2D eigenvalue weighted by Gasteiger charge is 2.90. The van der Waals surface area contributed by atoms with E-state index in [1.54, 1.807) is 14.0 Å². The Morgan fingerprint density at radius 2 is 1.33 bits per heavy atom. The molecule has 24 heteroatoms. The summed E-state index contributed by atoms with van der Waals surface area (Å²) in [4.78, 5) is 38.4. The van der Waals surface area contributed by atoms with E-state index in [0.717, 1.165) is 5.56 Å². The summed E-state index contributed by atoms with van der Waals surface area (Å²) >= 11 is 0. The third-order valence-corrected chi connectivity index (χ3v) is 9.33. The van der Waals surface area contributed by atoms with Crippen LogP contribution >= 0.6 is 0 Å². The van der Waals surface area contributed by atoms with Gasteiger partial charge in [-0.15, -0.1) is 0 Å². The van der Waals surface area contributed by atoms with Crippen LogP contribution in [0.5, 0.6) is 0 Å². The highest BCUT2D eigenvalue weighted by molar-refractivity contribution is 5.61. The fraction of sp³-hybridized carbons (Fsp3) is 0.647. The number of carbonyl (C=O) groups is 2. The molecule has 1 N–H and O–H groups in total. The molecule has 1 saturated heterocycles. The summed E-state index contributed by atoms with van der Waals surface area (Å²) in [5, 5.41) is 14.6. The Morgan fingerprint density at radius 1 is 0.810 bits per heavy atom. The van der Waals surface area contributed by atoms with Crippen LogP contribution in [-0.4, -0.2) is 109 Å². The third-order valence-electron chi connectivity index (χ3n) is 9.33. The van der Waals surface area contributed by atoms with Gasteiger partial charge in [0.1, 0.15) is 18.8 Å². The van der Waals surface area contributed by atoms with Crippen molar-refractivity contribution in [3.63, 3.8) is 0 Å². The summed E-state index contributed by atoms with van der Waals surface area (Å²) in [6.45, 7) is 2.21. The number of rotatable bonds is 17. The summed E-state index contributed by atoms with van der Waals surface area (Å²) in [7, 11) is 1.76. The predicted octanol–water partition coefficient (Wildman–Crippen LogP) is 8.41. The number of allylic oxidation sites excluding steroid dienone is 3. The van der Waals surface area contributed by atoms with E-state index in [4.69, 9.17) is 14.2 Å². The molecule has 3 rings (SSSR count). The average Bonchev–Trinajstić information content (AvgIpc) is 3.11. The van der Waals surface area contributed by atoms with Crippen LogP contribution in [0.2, 0.25) is 0 Å². The smallest absolute Gasteiger partial charge is 0.434 e. The van der Waals surface area contributed by atoms with E-state index >= 15 is 0 Å². The van der Waals surface area contributed by atoms with Crippen molar-refractivity contribution in [3.8, 4) is 0 Å². The van der Waals surface area contributed by atoms with Gasteiger partial charge >= 0.3 is 48.1 Å². The Morgan fingerprint density at radius 3 is 1.84 bits per heavy atom. The fourth-order valence-corrected chi connectivity index (χ4v) is 6.28. The van der Waals surface area contributed by atoms with Crippen LogP contribution in [0.15, 0.2) is 54.3 Å². The van der Waals surface area contributed by atoms with Gasteiger partial charge in [0.15, 0.2) is 0 Å². The van der Waals surface area contributed by atoms with Crippen LogP contribution in [0.3, 0.4) is 0 Å².